The highest BCUT2D eigenvalue weighted by atomic mass is 35.5. The summed E-state index contributed by atoms with van der Waals surface area (Å²) in [5, 5.41) is 7.45. The molecule has 2 aromatic carbocycles. The number of fused-ring (bicyclic) bond motifs is 1. The summed E-state index contributed by atoms with van der Waals surface area (Å²) in [6.07, 6.45) is 7.06. The molecule has 46 heavy (non-hydrogen) atoms. The molecule has 248 valence electrons. The number of halogens is 2. The zero-order chi connectivity index (χ0) is 32.3. The molecular formula is C35H46Cl2N5O4+. The molecule has 6 rings (SSSR count). The number of para-hydroxylation sites is 1. The molecule has 0 unspecified atom stereocenters. The van der Waals surface area contributed by atoms with E-state index in [4.69, 9.17) is 27.9 Å². The van der Waals surface area contributed by atoms with Crippen LogP contribution in [0.4, 0.5) is 15.3 Å². The van der Waals surface area contributed by atoms with E-state index in [2.05, 4.69) is 23.7 Å². The number of rotatable bonds is 7. The van der Waals surface area contributed by atoms with E-state index >= 15 is 0 Å². The van der Waals surface area contributed by atoms with E-state index in [0.717, 1.165) is 68.5 Å². The van der Waals surface area contributed by atoms with Gasteiger partial charge in [0.05, 0.1) is 36.6 Å². The van der Waals surface area contributed by atoms with Crippen LogP contribution in [0.3, 0.4) is 0 Å². The minimum Gasteiger partial charge on any atom is -0.444 e. The number of carbonyl (C=O) groups excluding carboxylic acids is 3. The van der Waals surface area contributed by atoms with Crippen LogP contribution in [-0.4, -0.2) is 90.7 Å². The summed E-state index contributed by atoms with van der Waals surface area (Å²) in [5.74, 6) is 1.36. The molecular weight excluding hydrogens is 625 g/mol. The Morgan fingerprint density at radius 3 is 2.50 bits per heavy atom. The third-order valence-electron chi connectivity index (χ3n) is 11.4. The highest BCUT2D eigenvalue weighted by Crippen LogP contribution is 2.45. The fourth-order valence-corrected chi connectivity index (χ4v) is 8.93. The van der Waals surface area contributed by atoms with Gasteiger partial charge in [-0.1, -0.05) is 47.5 Å². The molecule has 2 atom stereocenters. The van der Waals surface area contributed by atoms with Crippen LogP contribution in [0.1, 0.15) is 56.1 Å². The highest BCUT2D eigenvalue weighted by molar-refractivity contribution is 6.42. The van der Waals surface area contributed by atoms with Gasteiger partial charge in [-0.25, -0.2) is 9.59 Å². The van der Waals surface area contributed by atoms with Crippen molar-refractivity contribution in [2.75, 3.05) is 51.6 Å². The standard InChI is InChI=1S/C35H45Cl2N5O4/c1-42(19-12-27(13-20-42)26-8-15-38-16-9-26)35(14-21-43)23-29(40-17-10-28-4-2-3-5-32(28)39-33(40)44)11-18-41(35)34(45)46-24-25-6-7-30(36)31(37)22-25/h2-7,21-22,26-27,29,38H,8-20,23-24H2,1H3/p+1/t27?,29-,35+,42?/m1/s1. The van der Waals surface area contributed by atoms with Crippen LogP contribution in [0.5, 0.6) is 0 Å². The molecule has 0 aliphatic carbocycles. The number of hydrogen-bond acceptors (Lipinski definition) is 5. The number of quaternary nitrogens is 1. The van der Waals surface area contributed by atoms with Gasteiger partial charge in [0.15, 0.2) is 5.66 Å². The predicted molar refractivity (Wildman–Crippen MR) is 180 cm³/mol. The molecule has 2 N–H and O–H groups in total. The molecule has 3 amide bonds. The molecule has 4 aliphatic rings. The van der Waals surface area contributed by atoms with Crippen LogP contribution in [0.15, 0.2) is 42.5 Å². The Kier molecular flexibility index (Phi) is 10.1. The number of aldehydes is 1. The Bertz CT molecular complexity index is 1430. The third-order valence-corrected chi connectivity index (χ3v) is 12.1. The maximum Gasteiger partial charge on any atom is 0.414 e. The van der Waals surface area contributed by atoms with Gasteiger partial charge in [-0.05, 0) is 92.8 Å². The van der Waals surface area contributed by atoms with Gasteiger partial charge in [0.2, 0.25) is 0 Å². The van der Waals surface area contributed by atoms with Gasteiger partial charge in [-0.2, -0.15) is 0 Å². The number of ether oxygens (including phenoxy) is 1. The number of urea groups is 1. The molecule has 11 heteroatoms. The van der Waals surface area contributed by atoms with Crippen LogP contribution < -0.4 is 10.6 Å². The number of likely N-dealkylation sites (tertiary alicyclic amines) is 2. The quantitative estimate of drug-likeness (QED) is 0.266. The predicted octanol–water partition coefficient (Wildman–Crippen LogP) is 6.33. The maximum absolute atomic E-state index is 14.1. The molecule has 0 bridgehead atoms. The summed E-state index contributed by atoms with van der Waals surface area (Å²) in [6, 6.07) is 12.9. The summed E-state index contributed by atoms with van der Waals surface area (Å²) < 4.78 is 6.51. The lowest BCUT2D eigenvalue weighted by atomic mass is 9.76. The average molecular weight is 672 g/mol. The van der Waals surface area contributed by atoms with Crippen molar-refractivity contribution in [3.8, 4) is 0 Å². The molecule has 4 heterocycles. The minimum absolute atomic E-state index is 0.0428. The molecule has 3 fully saturated rings. The second-order valence-corrected chi connectivity index (χ2v) is 14.6. The number of hydrogen-bond donors (Lipinski definition) is 2. The Morgan fingerprint density at radius 1 is 1.02 bits per heavy atom. The first-order chi connectivity index (χ1) is 22.2. The Hall–Kier alpha value is -2.85. The Labute approximate surface area is 282 Å². The van der Waals surface area contributed by atoms with Gasteiger partial charge in [-0.3, -0.25) is 4.90 Å². The summed E-state index contributed by atoms with van der Waals surface area (Å²) >= 11 is 12.3. The van der Waals surface area contributed by atoms with Crippen molar-refractivity contribution in [3.63, 3.8) is 0 Å². The van der Waals surface area contributed by atoms with Gasteiger partial charge in [0.25, 0.3) is 0 Å². The lowest BCUT2D eigenvalue weighted by Gasteiger charge is -2.60. The summed E-state index contributed by atoms with van der Waals surface area (Å²) in [5.41, 5.74) is 1.84. The third kappa shape index (κ3) is 6.61. The molecule has 4 aliphatic heterocycles. The van der Waals surface area contributed by atoms with Gasteiger partial charge < -0.3 is 29.5 Å². The van der Waals surface area contributed by atoms with E-state index in [0.29, 0.717) is 52.3 Å². The SMILES string of the molecule is C[N+]1([C@@]2(CC=O)C[C@H](N3CCc4ccccc4NC3=O)CCN2C(=O)OCc2ccc(Cl)c(Cl)c2)CCC(C2CCNCC2)CC1. The largest absolute Gasteiger partial charge is 0.444 e. The molecule has 0 spiro atoms. The second-order valence-electron chi connectivity index (χ2n) is 13.8. The van der Waals surface area contributed by atoms with Crippen molar-refractivity contribution < 1.29 is 23.6 Å². The first-order valence-electron chi connectivity index (χ1n) is 16.8. The Balaban J connectivity index is 1.27. The summed E-state index contributed by atoms with van der Waals surface area (Å²) in [4.78, 5) is 44.1. The van der Waals surface area contributed by atoms with Crippen molar-refractivity contribution in [2.24, 2.45) is 11.8 Å². The molecule has 0 aromatic heterocycles. The van der Waals surface area contributed by atoms with E-state index in [-0.39, 0.29) is 25.1 Å². The van der Waals surface area contributed by atoms with Crippen molar-refractivity contribution in [1.82, 2.24) is 15.1 Å². The maximum atomic E-state index is 14.1. The van der Waals surface area contributed by atoms with Crippen molar-refractivity contribution in [2.45, 2.75) is 69.7 Å². The topological polar surface area (TPSA) is 91.0 Å². The highest BCUT2D eigenvalue weighted by Gasteiger charge is 2.59. The number of piperidine rings is 3. The summed E-state index contributed by atoms with van der Waals surface area (Å²) in [6.45, 7) is 4.89. The zero-order valence-corrected chi connectivity index (χ0v) is 28.2. The van der Waals surface area contributed by atoms with E-state index < -0.39 is 11.8 Å². The van der Waals surface area contributed by atoms with Crippen LogP contribution in [0, 0.1) is 11.8 Å². The van der Waals surface area contributed by atoms with E-state index in [9.17, 15) is 14.4 Å². The molecule has 9 nitrogen and oxygen atoms in total. The monoisotopic (exact) mass is 670 g/mol. The number of benzene rings is 2. The molecule has 0 saturated carbocycles. The molecule has 2 aromatic rings. The first-order valence-corrected chi connectivity index (χ1v) is 17.5. The zero-order valence-electron chi connectivity index (χ0n) is 26.7. The normalized spacial score (nSPS) is 29.0. The van der Waals surface area contributed by atoms with Crippen molar-refractivity contribution in [3.05, 3.63) is 63.6 Å². The minimum atomic E-state index is -0.849. The van der Waals surface area contributed by atoms with Crippen LogP contribution in [0.25, 0.3) is 0 Å². The number of nitrogens with one attached hydrogen (secondary N) is 2. The van der Waals surface area contributed by atoms with Gasteiger partial charge in [0.1, 0.15) is 12.9 Å². The van der Waals surface area contributed by atoms with Gasteiger partial charge in [-0.15, -0.1) is 0 Å². The summed E-state index contributed by atoms with van der Waals surface area (Å²) in [7, 11) is 2.21. The van der Waals surface area contributed by atoms with Crippen molar-refractivity contribution >= 4 is 47.3 Å². The van der Waals surface area contributed by atoms with Crippen molar-refractivity contribution in [1.29, 1.82) is 0 Å². The number of nitrogens with zero attached hydrogens (tertiary/aromatic N) is 3. The Morgan fingerprint density at radius 2 is 1.76 bits per heavy atom. The first kappa shape index (κ1) is 33.1. The van der Waals surface area contributed by atoms with Crippen LogP contribution >= 0.6 is 23.2 Å². The van der Waals surface area contributed by atoms with E-state index in [1.807, 2.05) is 28.0 Å². The fraction of sp³-hybridized carbons (Fsp3) is 0.571. The molecule has 0 radical (unpaired) electrons. The fourth-order valence-electron chi connectivity index (χ4n) is 8.61. The van der Waals surface area contributed by atoms with E-state index in [1.165, 1.54) is 12.8 Å². The lowest BCUT2D eigenvalue weighted by molar-refractivity contribution is -0.976. The molecule has 3 saturated heterocycles. The number of carbonyl (C=O) groups is 3. The number of anilines is 1. The van der Waals surface area contributed by atoms with Gasteiger partial charge >= 0.3 is 12.1 Å². The van der Waals surface area contributed by atoms with Gasteiger partial charge in [0, 0.05) is 31.2 Å². The second kappa shape index (κ2) is 14.1. The average Bonchev–Trinajstić information content (AvgIpc) is 3.24. The lowest BCUT2D eigenvalue weighted by Crippen LogP contribution is -2.76. The number of amides is 3. The smallest absolute Gasteiger partial charge is 0.414 e. The van der Waals surface area contributed by atoms with E-state index in [1.54, 1.807) is 18.2 Å². The van der Waals surface area contributed by atoms with Crippen LogP contribution in [-0.2, 0) is 22.6 Å². The van der Waals surface area contributed by atoms with Crippen LogP contribution in [0.2, 0.25) is 10.0 Å².